The fourth-order valence-electron chi connectivity index (χ4n) is 6.47. The minimum atomic E-state index is -1.11. The van der Waals surface area contributed by atoms with Crippen LogP contribution in [-0.4, -0.2) is 67.6 Å². The van der Waals surface area contributed by atoms with Gasteiger partial charge in [-0.3, -0.25) is 9.44 Å². The van der Waals surface area contributed by atoms with Crippen molar-refractivity contribution in [2.24, 2.45) is 11.8 Å². The summed E-state index contributed by atoms with van der Waals surface area (Å²) in [6.07, 6.45) is 5.18. The standard InChI is InChI=1S/C31H43FN4O5/c1-19(2)29-28(31(40)33-26-18-25(26)20-6-4-3-5-7-20)34-30(21-8-10-22(32)11-9-21)35(29)13-12-23(37)16-24(38)17-27(39)36(41)14-15-36/h8-11,19-20,23-26,37-38H,3-7,12-18H2,1-2H3,(H,33,40)/t23-,24?,25-,26+/m1/s1. The third-order valence-electron chi connectivity index (χ3n) is 9.01. The molecule has 2 heterocycles. The highest BCUT2D eigenvalue weighted by Gasteiger charge is 2.44. The van der Waals surface area contributed by atoms with Crippen LogP contribution in [0.5, 0.6) is 0 Å². The maximum Gasteiger partial charge on any atom is 0.316 e. The number of hydrogen-bond acceptors (Lipinski definition) is 6. The Morgan fingerprint density at radius 1 is 1.12 bits per heavy atom. The number of benzene rings is 1. The number of carbonyl (C=O) groups is 2. The fraction of sp³-hybridized carbons (Fsp3) is 0.645. The summed E-state index contributed by atoms with van der Waals surface area (Å²) >= 11 is 0. The molecule has 2 aliphatic carbocycles. The number of hydrogen-bond donors (Lipinski definition) is 3. The summed E-state index contributed by atoms with van der Waals surface area (Å²) in [7, 11) is 0. The highest BCUT2D eigenvalue weighted by atomic mass is 19.1. The summed E-state index contributed by atoms with van der Waals surface area (Å²) in [5.74, 6) is 0.524. The molecule has 3 N–H and O–H groups in total. The number of nitrogens with one attached hydrogen (secondary N) is 1. The van der Waals surface area contributed by atoms with Gasteiger partial charge in [0.15, 0.2) is 0 Å². The van der Waals surface area contributed by atoms with Crippen LogP contribution in [0, 0.1) is 22.9 Å². The molecule has 0 radical (unpaired) electrons. The van der Waals surface area contributed by atoms with Crippen LogP contribution < -0.4 is 5.32 Å². The molecule has 41 heavy (non-hydrogen) atoms. The number of amides is 2. The van der Waals surface area contributed by atoms with Crippen molar-refractivity contribution in [1.82, 2.24) is 14.9 Å². The molecule has 3 fully saturated rings. The van der Waals surface area contributed by atoms with Gasteiger partial charge in [0.1, 0.15) is 30.4 Å². The summed E-state index contributed by atoms with van der Waals surface area (Å²) in [4.78, 5) is 30.4. The normalized spacial score (nSPS) is 23.3. The molecular weight excluding hydrogens is 527 g/mol. The van der Waals surface area contributed by atoms with Crippen molar-refractivity contribution in [2.75, 3.05) is 13.1 Å². The predicted octanol–water partition coefficient (Wildman–Crippen LogP) is 4.26. The molecule has 1 aliphatic heterocycles. The third-order valence-corrected chi connectivity index (χ3v) is 9.01. The fourth-order valence-corrected chi connectivity index (χ4v) is 6.47. The molecule has 1 saturated heterocycles. The van der Waals surface area contributed by atoms with E-state index in [0.717, 1.165) is 12.1 Å². The van der Waals surface area contributed by atoms with Crippen molar-refractivity contribution in [3.63, 3.8) is 0 Å². The molecule has 2 amide bonds. The molecule has 1 aromatic heterocycles. The number of hydroxylamine groups is 3. The Morgan fingerprint density at radius 2 is 1.80 bits per heavy atom. The number of aliphatic hydroxyl groups is 2. The van der Waals surface area contributed by atoms with E-state index < -0.39 is 22.8 Å². The molecule has 1 aromatic carbocycles. The van der Waals surface area contributed by atoms with Gasteiger partial charge in [-0.05, 0) is 61.3 Å². The first-order valence-electron chi connectivity index (χ1n) is 15.2. The molecular formula is C31H43FN4O5. The largest absolute Gasteiger partial charge is 0.625 e. The second kappa shape index (κ2) is 12.3. The van der Waals surface area contributed by atoms with E-state index in [1.807, 2.05) is 18.4 Å². The van der Waals surface area contributed by atoms with Gasteiger partial charge in [-0.2, -0.15) is 0 Å². The number of carbonyl (C=O) groups excluding carboxylic acids is 2. The Kier molecular flexibility index (Phi) is 8.94. The predicted molar refractivity (Wildman–Crippen MR) is 152 cm³/mol. The van der Waals surface area contributed by atoms with Crippen LogP contribution in [0.3, 0.4) is 0 Å². The molecule has 0 spiro atoms. The first-order valence-corrected chi connectivity index (χ1v) is 15.2. The second-order valence-corrected chi connectivity index (χ2v) is 12.6. The highest BCUT2D eigenvalue weighted by Crippen LogP contribution is 2.44. The van der Waals surface area contributed by atoms with Gasteiger partial charge in [0.2, 0.25) is 0 Å². The van der Waals surface area contributed by atoms with Crippen molar-refractivity contribution in [2.45, 2.75) is 102 Å². The Bertz CT molecular complexity index is 1240. The smallest absolute Gasteiger partial charge is 0.316 e. The first kappa shape index (κ1) is 29.8. The first-order chi connectivity index (χ1) is 19.6. The molecule has 224 valence electrons. The average Bonchev–Trinajstić information content (AvgIpc) is 3.84. The molecule has 1 unspecified atom stereocenters. The van der Waals surface area contributed by atoms with Crippen molar-refractivity contribution in [3.8, 4) is 11.4 Å². The second-order valence-electron chi connectivity index (χ2n) is 12.6. The molecule has 2 aromatic rings. The van der Waals surface area contributed by atoms with Crippen LogP contribution in [0.25, 0.3) is 11.4 Å². The van der Waals surface area contributed by atoms with Crippen molar-refractivity contribution >= 4 is 11.8 Å². The minimum Gasteiger partial charge on any atom is -0.625 e. The van der Waals surface area contributed by atoms with E-state index in [2.05, 4.69) is 5.32 Å². The van der Waals surface area contributed by atoms with Crippen LogP contribution >= 0.6 is 0 Å². The van der Waals surface area contributed by atoms with Crippen LogP contribution in [0.15, 0.2) is 24.3 Å². The van der Waals surface area contributed by atoms with Crippen molar-refractivity contribution in [1.29, 1.82) is 0 Å². The Balaban J connectivity index is 1.32. The monoisotopic (exact) mass is 570 g/mol. The Labute approximate surface area is 240 Å². The number of quaternary nitrogens is 1. The van der Waals surface area contributed by atoms with Gasteiger partial charge in [-0.1, -0.05) is 46.0 Å². The van der Waals surface area contributed by atoms with Gasteiger partial charge < -0.3 is 25.3 Å². The van der Waals surface area contributed by atoms with E-state index in [1.54, 1.807) is 12.1 Å². The molecule has 2 saturated carbocycles. The van der Waals surface area contributed by atoms with E-state index in [1.165, 1.54) is 44.2 Å². The van der Waals surface area contributed by atoms with Crippen LogP contribution in [-0.2, 0) is 11.3 Å². The summed E-state index contributed by atoms with van der Waals surface area (Å²) in [5, 5.41) is 36.2. The lowest BCUT2D eigenvalue weighted by molar-refractivity contribution is -0.660. The topological polar surface area (TPSA) is 128 Å². The summed E-state index contributed by atoms with van der Waals surface area (Å²) < 4.78 is 14.7. The van der Waals surface area contributed by atoms with E-state index in [4.69, 9.17) is 4.98 Å². The van der Waals surface area contributed by atoms with Crippen LogP contribution in [0.1, 0.15) is 93.7 Å². The minimum absolute atomic E-state index is 0.0408. The zero-order chi connectivity index (χ0) is 29.3. The number of rotatable bonds is 12. The molecule has 0 bridgehead atoms. The number of nitrogens with zero attached hydrogens (tertiary/aromatic N) is 3. The van der Waals surface area contributed by atoms with Gasteiger partial charge in [0.25, 0.3) is 5.91 Å². The SMILES string of the molecule is CC(C)c1c(C(=O)N[C@H]2C[C@@H]2C2CCCCC2)nc(-c2ccc(F)cc2)n1CC[C@@H](O)CC(O)CC(=O)[N+]1([O-])CC1. The van der Waals surface area contributed by atoms with Gasteiger partial charge in [-0.15, -0.1) is 0 Å². The van der Waals surface area contributed by atoms with Gasteiger partial charge >= 0.3 is 5.91 Å². The van der Waals surface area contributed by atoms with E-state index >= 15 is 0 Å². The lowest BCUT2D eigenvalue weighted by Crippen LogP contribution is -2.32. The average molecular weight is 571 g/mol. The van der Waals surface area contributed by atoms with E-state index in [-0.39, 0.29) is 56.0 Å². The molecule has 3 aliphatic rings. The highest BCUT2D eigenvalue weighted by molar-refractivity contribution is 5.95. The lowest BCUT2D eigenvalue weighted by atomic mass is 9.85. The Hall–Kier alpha value is -2.66. The molecule has 9 nitrogen and oxygen atoms in total. The zero-order valence-electron chi connectivity index (χ0n) is 24.1. The van der Waals surface area contributed by atoms with Crippen LogP contribution in [0.4, 0.5) is 4.39 Å². The zero-order valence-corrected chi connectivity index (χ0v) is 24.1. The van der Waals surface area contributed by atoms with Gasteiger partial charge in [0.05, 0.1) is 24.3 Å². The summed E-state index contributed by atoms with van der Waals surface area (Å²) in [6.45, 7) is 4.77. The van der Waals surface area contributed by atoms with Gasteiger partial charge in [0, 0.05) is 18.2 Å². The van der Waals surface area contributed by atoms with Gasteiger partial charge in [-0.25, -0.2) is 14.2 Å². The molecule has 4 atom stereocenters. The summed E-state index contributed by atoms with van der Waals surface area (Å²) in [6, 6.07) is 6.12. The molecule has 10 heteroatoms. The maximum absolute atomic E-state index is 13.7. The number of aromatic nitrogens is 2. The van der Waals surface area contributed by atoms with Crippen LogP contribution in [0.2, 0.25) is 0 Å². The summed E-state index contributed by atoms with van der Waals surface area (Å²) in [5.41, 5.74) is 1.73. The third kappa shape index (κ3) is 7.05. The van der Waals surface area contributed by atoms with Crippen molar-refractivity contribution in [3.05, 3.63) is 46.7 Å². The quantitative estimate of drug-likeness (QED) is 0.199. The van der Waals surface area contributed by atoms with Crippen molar-refractivity contribution < 1.29 is 28.8 Å². The lowest BCUT2D eigenvalue weighted by Gasteiger charge is -2.22. The van der Waals surface area contributed by atoms with E-state index in [0.29, 0.717) is 35.5 Å². The molecule has 5 rings (SSSR count). The Morgan fingerprint density at radius 3 is 2.44 bits per heavy atom. The number of halogens is 1. The number of aliphatic hydroxyl groups excluding tert-OH is 2. The number of imidazole rings is 1. The van der Waals surface area contributed by atoms with E-state index in [9.17, 15) is 29.4 Å². The maximum atomic E-state index is 13.7.